The van der Waals surface area contributed by atoms with E-state index >= 15 is 0 Å². The second-order valence-corrected chi connectivity index (χ2v) is 3.66. The van der Waals surface area contributed by atoms with E-state index in [0.717, 1.165) is 12.0 Å². The van der Waals surface area contributed by atoms with Crippen LogP contribution in [0, 0.1) is 5.92 Å². The molecule has 0 fully saturated rings. The van der Waals surface area contributed by atoms with Crippen molar-refractivity contribution in [3.63, 3.8) is 0 Å². The topological polar surface area (TPSA) is 66.5 Å². The van der Waals surface area contributed by atoms with E-state index in [1.807, 2.05) is 0 Å². The third-order valence-electron chi connectivity index (χ3n) is 2.64. The van der Waals surface area contributed by atoms with Crippen molar-refractivity contribution >= 4 is 12.4 Å². The van der Waals surface area contributed by atoms with Crippen molar-refractivity contribution in [2.24, 2.45) is 11.7 Å². The number of phenols is 2. The SMILES string of the molecule is CCC(C)[C@@H](N)c1ccc(O)c(O)c1.Cl. The van der Waals surface area contributed by atoms with Gasteiger partial charge in [-0.2, -0.15) is 0 Å². The molecule has 0 aliphatic heterocycles. The molecular weight excluding hydrogens is 214 g/mol. The van der Waals surface area contributed by atoms with Gasteiger partial charge in [-0.3, -0.25) is 0 Å². The lowest BCUT2D eigenvalue weighted by molar-refractivity contribution is 0.399. The summed E-state index contributed by atoms with van der Waals surface area (Å²) in [6, 6.07) is 4.64. The quantitative estimate of drug-likeness (QED) is 0.701. The van der Waals surface area contributed by atoms with Crippen molar-refractivity contribution in [3.8, 4) is 11.5 Å². The molecule has 0 saturated heterocycles. The molecule has 1 unspecified atom stereocenters. The Hall–Kier alpha value is -0.930. The first kappa shape index (κ1) is 14.1. The van der Waals surface area contributed by atoms with Gasteiger partial charge in [0.25, 0.3) is 0 Å². The van der Waals surface area contributed by atoms with E-state index in [4.69, 9.17) is 10.8 Å². The molecule has 15 heavy (non-hydrogen) atoms. The summed E-state index contributed by atoms with van der Waals surface area (Å²) in [5.74, 6) is 0.144. The molecule has 0 aromatic heterocycles. The molecule has 0 spiro atoms. The van der Waals surface area contributed by atoms with Gasteiger partial charge in [0.05, 0.1) is 0 Å². The highest BCUT2D eigenvalue weighted by atomic mass is 35.5. The molecule has 2 atom stereocenters. The first-order valence-corrected chi connectivity index (χ1v) is 4.83. The van der Waals surface area contributed by atoms with E-state index < -0.39 is 0 Å². The van der Waals surface area contributed by atoms with E-state index in [2.05, 4.69) is 13.8 Å². The van der Waals surface area contributed by atoms with E-state index in [1.165, 1.54) is 12.1 Å². The van der Waals surface area contributed by atoms with Crippen LogP contribution in [-0.2, 0) is 0 Å². The monoisotopic (exact) mass is 231 g/mol. The zero-order valence-corrected chi connectivity index (χ0v) is 9.79. The van der Waals surface area contributed by atoms with Crippen LogP contribution in [0.2, 0.25) is 0 Å². The second kappa shape index (κ2) is 5.83. The first-order chi connectivity index (χ1) is 6.56. The number of phenolic OH excluding ortho intramolecular Hbond substituents is 2. The zero-order valence-electron chi connectivity index (χ0n) is 8.97. The number of hydrogen-bond donors (Lipinski definition) is 3. The molecule has 1 aromatic rings. The summed E-state index contributed by atoms with van der Waals surface area (Å²) >= 11 is 0. The summed E-state index contributed by atoms with van der Waals surface area (Å²) in [7, 11) is 0. The number of nitrogens with two attached hydrogens (primary N) is 1. The number of hydrogen-bond acceptors (Lipinski definition) is 3. The molecule has 1 aromatic carbocycles. The van der Waals surface area contributed by atoms with Crippen LogP contribution in [-0.4, -0.2) is 10.2 Å². The lowest BCUT2D eigenvalue weighted by Crippen LogP contribution is -2.18. The molecule has 0 aliphatic rings. The predicted octanol–water partition coefficient (Wildman–Crippen LogP) is 2.57. The van der Waals surface area contributed by atoms with Crippen molar-refractivity contribution in [2.75, 3.05) is 0 Å². The van der Waals surface area contributed by atoms with Crippen molar-refractivity contribution in [3.05, 3.63) is 23.8 Å². The van der Waals surface area contributed by atoms with Gasteiger partial charge in [-0.15, -0.1) is 12.4 Å². The fraction of sp³-hybridized carbons (Fsp3) is 0.455. The molecule has 4 N–H and O–H groups in total. The Balaban J connectivity index is 0.00000196. The Kier molecular flexibility index (Phi) is 5.47. The lowest BCUT2D eigenvalue weighted by Gasteiger charge is -2.18. The minimum atomic E-state index is -0.110. The fourth-order valence-corrected chi connectivity index (χ4v) is 1.33. The van der Waals surface area contributed by atoms with Gasteiger partial charge in [-0.05, 0) is 23.6 Å². The van der Waals surface area contributed by atoms with E-state index in [9.17, 15) is 5.11 Å². The van der Waals surface area contributed by atoms with E-state index in [1.54, 1.807) is 6.07 Å². The second-order valence-electron chi connectivity index (χ2n) is 3.66. The molecule has 0 heterocycles. The van der Waals surface area contributed by atoms with Gasteiger partial charge in [0.2, 0.25) is 0 Å². The van der Waals surface area contributed by atoms with Gasteiger partial charge in [0.1, 0.15) is 0 Å². The number of benzene rings is 1. The van der Waals surface area contributed by atoms with Gasteiger partial charge in [-0.1, -0.05) is 26.3 Å². The third kappa shape index (κ3) is 3.29. The Labute approximate surface area is 96.3 Å². The van der Waals surface area contributed by atoms with E-state index in [-0.39, 0.29) is 29.9 Å². The van der Waals surface area contributed by atoms with Crippen molar-refractivity contribution < 1.29 is 10.2 Å². The van der Waals surface area contributed by atoms with Crippen LogP contribution in [0.25, 0.3) is 0 Å². The molecule has 4 heteroatoms. The minimum Gasteiger partial charge on any atom is -0.504 e. The minimum absolute atomic E-state index is 0. The fourth-order valence-electron chi connectivity index (χ4n) is 1.33. The van der Waals surface area contributed by atoms with Crippen LogP contribution in [0.1, 0.15) is 31.9 Å². The molecule has 86 valence electrons. The van der Waals surface area contributed by atoms with Gasteiger partial charge < -0.3 is 15.9 Å². The molecule has 1 rings (SSSR count). The Morgan fingerprint density at radius 1 is 1.27 bits per heavy atom. The smallest absolute Gasteiger partial charge is 0.157 e. The molecule has 0 aliphatic carbocycles. The molecule has 0 radical (unpaired) electrons. The van der Waals surface area contributed by atoms with Crippen LogP contribution in [0.15, 0.2) is 18.2 Å². The van der Waals surface area contributed by atoms with Crippen LogP contribution < -0.4 is 5.73 Å². The average molecular weight is 232 g/mol. The van der Waals surface area contributed by atoms with Gasteiger partial charge in [0.15, 0.2) is 11.5 Å². The summed E-state index contributed by atoms with van der Waals surface area (Å²) in [5.41, 5.74) is 6.83. The Morgan fingerprint density at radius 3 is 2.33 bits per heavy atom. The summed E-state index contributed by atoms with van der Waals surface area (Å²) in [5, 5.41) is 18.4. The van der Waals surface area contributed by atoms with Gasteiger partial charge in [-0.25, -0.2) is 0 Å². The summed E-state index contributed by atoms with van der Waals surface area (Å²) in [6.45, 7) is 4.14. The highest BCUT2D eigenvalue weighted by molar-refractivity contribution is 5.85. The number of rotatable bonds is 3. The lowest BCUT2D eigenvalue weighted by atomic mass is 9.93. The average Bonchev–Trinajstić information content (AvgIpc) is 2.20. The van der Waals surface area contributed by atoms with Gasteiger partial charge >= 0.3 is 0 Å². The first-order valence-electron chi connectivity index (χ1n) is 4.83. The highest BCUT2D eigenvalue weighted by Crippen LogP contribution is 2.30. The molecule has 0 amide bonds. The van der Waals surface area contributed by atoms with Crippen molar-refractivity contribution in [2.45, 2.75) is 26.3 Å². The maximum Gasteiger partial charge on any atom is 0.157 e. The van der Waals surface area contributed by atoms with Crippen molar-refractivity contribution in [1.82, 2.24) is 0 Å². The van der Waals surface area contributed by atoms with Crippen LogP contribution in [0.5, 0.6) is 11.5 Å². The van der Waals surface area contributed by atoms with E-state index in [0.29, 0.717) is 5.92 Å². The Bertz CT molecular complexity index is 317. The largest absolute Gasteiger partial charge is 0.504 e. The molecular formula is C11H18ClNO2. The molecule has 0 bridgehead atoms. The van der Waals surface area contributed by atoms with Crippen LogP contribution in [0.4, 0.5) is 0 Å². The highest BCUT2D eigenvalue weighted by Gasteiger charge is 2.14. The number of aromatic hydroxyl groups is 2. The molecule has 3 nitrogen and oxygen atoms in total. The summed E-state index contributed by atoms with van der Waals surface area (Å²) in [6.07, 6.45) is 0.989. The standard InChI is InChI=1S/C11H17NO2.ClH/c1-3-7(2)11(12)8-4-5-9(13)10(14)6-8;/h4-7,11,13-14H,3,12H2,1-2H3;1H/t7?,11-;/m1./s1. The maximum atomic E-state index is 9.30. The zero-order chi connectivity index (χ0) is 10.7. The Morgan fingerprint density at radius 2 is 1.87 bits per heavy atom. The van der Waals surface area contributed by atoms with Crippen LogP contribution in [0.3, 0.4) is 0 Å². The normalized spacial score (nSPS) is 14.1. The van der Waals surface area contributed by atoms with Gasteiger partial charge in [0, 0.05) is 6.04 Å². The summed E-state index contributed by atoms with van der Waals surface area (Å²) < 4.78 is 0. The number of halogens is 1. The predicted molar refractivity (Wildman–Crippen MR) is 63.4 cm³/mol. The molecule has 0 saturated carbocycles. The summed E-state index contributed by atoms with van der Waals surface area (Å²) in [4.78, 5) is 0. The third-order valence-corrected chi connectivity index (χ3v) is 2.64. The maximum absolute atomic E-state index is 9.30. The van der Waals surface area contributed by atoms with Crippen molar-refractivity contribution in [1.29, 1.82) is 0 Å². The van der Waals surface area contributed by atoms with Crippen LogP contribution >= 0.6 is 12.4 Å².